The van der Waals surface area contributed by atoms with Gasteiger partial charge in [-0.2, -0.15) is 5.48 Å². The lowest BCUT2D eigenvalue weighted by molar-refractivity contribution is 0.00821. The summed E-state index contributed by atoms with van der Waals surface area (Å²) in [6.45, 7) is 7.90. The molecule has 2 N–H and O–H groups in total. The van der Waals surface area contributed by atoms with Crippen LogP contribution in [0.3, 0.4) is 0 Å². The van der Waals surface area contributed by atoms with Crippen molar-refractivity contribution in [1.29, 1.82) is 0 Å². The van der Waals surface area contributed by atoms with Crippen LogP contribution in [0, 0.1) is 17.3 Å². The number of nitrogens with one attached hydrogen (secondary N) is 1. The van der Waals surface area contributed by atoms with E-state index < -0.39 is 0 Å². The van der Waals surface area contributed by atoms with Gasteiger partial charge in [-0.3, -0.25) is 4.84 Å². The fraction of sp³-hybridized carbons (Fsp3) is 0.636. The molecule has 0 amide bonds. The maximum atomic E-state index is 9.57. The quantitative estimate of drug-likeness (QED) is 0.625. The van der Waals surface area contributed by atoms with Crippen molar-refractivity contribution in [2.45, 2.75) is 70.6 Å². The average molecular weight is 341 g/mol. The van der Waals surface area contributed by atoms with Gasteiger partial charge in [-0.1, -0.05) is 63.6 Å². The summed E-state index contributed by atoms with van der Waals surface area (Å²) in [5, 5.41) is 9.57. The van der Waals surface area contributed by atoms with Gasteiger partial charge in [-0.05, 0) is 47.6 Å². The highest BCUT2D eigenvalue weighted by molar-refractivity contribution is 5.45. The van der Waals surface area contributed by atoms with E-state index in [1.54, 1.807) is 0 Å². The van der Waals surface area contributed by atoms with Crippen molar-refractivity contribution in [3.05, 3.63) is 47.5 Å². The molecule has 25 heavy (non-hydrogen) atoms. The maximum Gasteiger partial charge on any atom is 0.0936 e. The third kappa shape index (κ3) is 2.77. The lowest BCUT2D eigenvalue weighted by Gasteiger charge is -2.30. The smallest absolute Gasteiger partial charge is 0.0936 e. The molecular formula is C22H31NO2. The molecule has 0 aliphatic heterocycles. The van der Waals surface area contributed by atoms with E-state index in [4.69, 9.17) is 4.84 Å². The van der Waals surface area contributed by atoms with E-state index in [2.05, 4.69) is 50.5 Å². The van der Waals surface area contributed by atoms with E-state index in [1.807, 2.05) is 12.2 Å². The van der Waals surface area contributed by atoms with E-state index in [9.17, 15) is 5.11 Å². The molecule has 4 rings (SSSR count). The largest absolute Gasteiger partial charge is 0.389 e. The van der Waals surface area contributed by atoms with Crippen molar-refractivity contribution in [1.82, 2.24) is 5.48 Å². The first kappa shape index (κ1) is 17.3. The van der Waals surface area contributed by atoms with Gasteiger partial charge in [0.05, 0.1) is 18.8 Å². The van der Waals surface area contributed by atoms with Crippen LogP contribution in [0.2, 0.25) is 0 Å². The lowest BCUT2D eigenvalue weighted by Crippen LogP contribution is -2.28. The Balaban J connectivity index is 1.51. The van der Waals surface area contributed by atoms with Crippen molar-refractivity contribution in [2.75, 3.05) is 0 Å². The zero-order valence-corrected chi connectivity index (χ0v) is 15.7. The first-order valence-electron chi connectivity index (χ1n) is 9.77. The molecule has 0 aromatic heterocycles. The Morgan fingerprint density at radius 3 is 2.76 bits per heavy atom. The van der Waals surface area contributed by atoms with Crippen molar-refractivity contribution in [3.63, 3.8) is 0 Å². The van der Waals surface area contributed by atoms with Gasteiger partial charge in [0.1, 0.15) is 0 Å². The van der Waals surface area contributed by atoms with Gasteiger partial charge in [0.25, 0.3) is 0 Å². The monoisotopic (exact) mass is 341 g/mol. The molecule has 136 valence electrons. The normalized spacial score (nSPS) is 38.6. The van der Waals surface area contributed by atoms with E-state index in [0.717, 1.165) is 11.8 Å². The van der Waals surface area contributed by atoms with E-state index in [0.29, 0.717) is 23.9 Å². The van der Waals surface area contributed by atoms with Gasteiger partial charge < -0.3 is 5.11 Å². The van der Waals surface area contributed by atoms with Crippen LogP contribution in [0.5, 0.6) is 0 Å². The highest BCUT2D eigenvalue weighted by Crippen LogP contribution is 2.76. The van der Waals surface area contributed by atoms with Crippen LogP contribution in [-0.4, -0.2) is 17.3 Å². The number of aliphatic hydroxyl groups is 1. The molecule has 0 radical (unpaired) electrons. The number of hydrogen-bond acceptors (Lipinski definition) is 3. The standard InChI is InChI=1S/C22H31NO2/c1-15-8-11-20-21(2,3)22(20,13-15)19-7-5-4-6-16(19)14-25-23-17-9-10-18(24)12-17/h4-7,9-10,15,17-18,20,23-24H,8,11-14H2,1-3H3. The predicted molar refractivity (Wildman–Crippen MR) is 99.9 cm³/mol. The minimum absolute atomic E-state index is 0.111. The summed E-state index contributed by atoms with van der Waals surface area (Å²) in [5.41, 5.74) is 6.62. The fourth-order valence-corrected chi connectivity index (χ4v) is 5.80. The summed E-state index contributed by atoms with van der Waals surface area (Å²) < 4.78 is 0. The van der Waals surface area contributed by atoms with Crippen molar-refractivity contribution in [3.8, 4) is 0 Å². The van der Waals surface area contributed by atoms with Crippen LogP contribution in [0.4, 0.5) is 0 Å². The second-order valence-corrected chi connectivity index (χ2v) is 8.99. The fourth-order valence-electron chi connectivity index (χ4n) is 5.80. The predicted octanol–water partition coefficient (Wildman–Crippen LogP) is 4.11. The zero-order chi connectivity index (χ0) is 17.7. The molecule has 5 unspecified atom stereocenters. The molecule has 3 heteroatoms. The Labute approximate surface area is 151 Å². The zero-order valence-electron chi connectivity index (χ0n) is 15.7. The summed E-state index contributed by atoms with van der Waals surface area (Å²) in [7, 11) is 0. The van der Waals surface area contributed by atoms with Gasteiger partial charge in [0.2, 0.25) is 0 Å². The van der Waals surface area contributed by atoms with Crippen molar-refractivity contribution >= 4 is 0 Å². The van der Waals surface area contributed by atoms with Gasteiger partial charge in [-0.25, -0.2) is 0 Å². The summed E-state index contributed by atoms with van der Waals surface area (Å²) in [6, 6.07) is 8.96. The minimum atomic E-state index is -0.343. The molecule has 0 bridgehead atoms. The third-order valence-electron chi connectivity index (χ3n) is 7.17. The molecule has 1 aromatic carbocycles. The van der Waals surface area contributed by atoms with E-state index in [1.165, 1.54) is 30.4 Å². The molecular weight excluding hydrogens is 310 g/mol. The maximum absolute atomic E-state index is 9.57. The number of hydroxylamine groups is 1. The van der Waals surface area contributed by atoms with E-state index in [-0.39, 0.29) is 12.1 Å². The SMILES string of the molecule is CC1CCC2C(C)(C)C2(c2ccccc2CONC2C=CC(O)C2)C1. The highest BCUT2D eigenvalue weighted by Gasteiger charge is 2.72. The van der Waals surface area contributed by atoms with Crippen LogP contribution < -0.4 is 5.48 Å². The van der Waals surface area contributed by atoms with Crippen LogP contribution >= 0.6 is 0 Å². The first-order chi connectivity index (χ1) is 11.9. The number of hydrogen-bond donors (Lipinski definition) is 2. The molecule has 0 spiro atoms. The summed E-state index contributed by atoms with van der Waals surface area (Å²) in [6.07, 6.45) is 8.18. The number of rotatable bonds is 5. The number of aliphatic hydroxyl groups excluding tert-OH is 1. The lowest BCUT2D eigenvalue weighted by atomic mass is 9.74. The molecule has 5 atom stereocenters. The van der Waals surface area contributed by atoms with Gasteiger partial charge >= 0.3 is 0 Å². The van der Waals surface area contributed by atoms with Gasteiger partial charge in [0.15, 0.2) is 0 Å². The van der Waals surface area contributed by atoms with Crippen LogP contribution in [0.25, 0.3) is 0 Å². The summed E-state index contributed by atoms with van der Waals surface area (Å²) in [5.74, 6) is 1.61. The van der Waals surface area contributed by atoms with Crippen molar-refractivity contribution in [2.24, 2.45) is 17.3 Å². The Hall–Kier alpha value is -1.16. The van der Waals surface area contributed by atoms with Crippen LogP contribution in [0.1, 0.15) is 57.6 Å². The highest BCUT2D eigenvalue weighted by atomic mass is 16.6. The summed E-state index contributed by atoms with van der Waals surface area (Å²) in [4.78, 5) is 5.83. The van der Waals surface area contributed by atoms with Gasteiger partial charge in [0, 0.05) is 5.41 Å². The van der Waals surface area contributed by atoms with Crippen molar-refractivity contribution < 1.29 is 9.94 Å². The number of benzene rings is 1. The second-order valence-electron chi connectivity index (χ2n) is 8.99. The molecule has 1 aromatic rings. The second kappa shape index (κ2) is 6.22. The molecule has 3 aliphatic rings. The third-order valence-corrected chi connectivity index (χ3v) is 7.17. The first-order valence-corrected chi connectivity index (χ1v) is 9.77. The van der Waals surface area contributed by atoms with Crippen LogP contribution in [0.15, 0.2) is 36.4 Å². The van der Waals surface area contributed by atoms with E-state index >= 15 is 0 Å². The van der Waals surface area contributed by atoms with Gasteiger partial charge in [-0.15, -0.1) is 0 Å². The minimum Gasteiger partial charge on any atom is -0.389 e. The average Bonchev–Trinajstić information content (AvgIpc) is 2.86. The molecule has 0 heterocycles. The number of fused-ring (bicyclic) bond motifs is 1. The molecule has 3 nitrogen and oxygen atoms in total. The molecule has 3 aliphatic carbocycles. The topological polar surface area (TPSA) is 41.5 Å². The molecule has 2 fully saturated rings. The Morgan fingerprint density at radius 1 is 1.20 bits per heavy atom. The van der Waals surface area contributed by atoms with Crippen LogP contribution in [-0.2, 0) is 16.9 Å². The Bertz CT molecular complexity index is 668. The molecule has 2 saturated carbocycles. The Morgan fingerprint density at radius 2 is 2.00 bits per heavy atom. The Kier molecular flexibility index (Phi) is 4.30. The summed E-state index contributed by atoms with van der Waals surface area (Å²) >= 11 is 0. The molecule has 0 saturated heterocycles.